The van der Waals surface area contributed by atoms with Crippen LogP contribution in [0.1, 0.15) is 65.2 Å². The van der Waals surface area contributed by atoms with Crippen LogP contribution in [-0.2, 0) is 33.5 Å². The molecule has 4 saturated carbocycles. The Morgan fingerprint density at radius 1 is 0.780 bits per heavy atom. The number of hydrogen-bond acceptors (Lipinski definition) is 16. The predicted molar refractivity (Wildman–Crippen MR) is 167 cm³/mol. The van der Waals surface area contributed by atoms with E-state index in [2.05, 4.69) is 18.0 Å². The highest BCUT2D eigenvalue weighted by Crippen LogP contribution is 2.73. The van der Waals surface area contributed by atoms with Gasteiger partial charge < -0.3 is 64.9 Å². The predicted octanol–water partition coefficient (Wildman–Crippen LogP) is -2.44. The number of hydrogen-bond donors (Lipinski definition) is 10. The second-order valence-electron chi connectivity index (χ2n) is 16.2. The summed E-state index contributed by atoms with van der Waals surface area (Å²) in [7, 11) is -5.04. The molecule has 2 saturated heterocycles. The van der Waals surface area contributed by atoms with Gasteiger partial charge in [-0.2, -0.15) is 8.42 Å². The van der Waals surface area contributed by atoms with Gasteiger partial charge in [-0.15, -0.1) is 0 Å². The molecule has 290 valence electrons. The van der Waals surface area contributed by atoms with Crippen LogP contribution in [0, 0.1) is 34.0 Å². The van der Waals surface area contributed by atoms with E-state index in [9.17, 15) is 54.4 Å². The van der Waals surface area contributed by atoms with Crippen LogP contribution in [0.2, 0.25) is 0 Å². The maximum atomic E-state index is 12.1. The second-order valence-corrected chi connectivity index (χ2v) is 17.3. The van der Waals surface area contributed by atoms with Crippen molar-refractivity contribution in [3.05, 3.63) is 0 Å². The Balaban J connectivity index is 1.23. The van der Waals surface area contributed by atoms with Gasteiger partial charge in [-0.25, -0.2) is 4.18 Å². The largest absolute Gasteiger partial charge is 0.397 e. The molecule has 0 aromatic heterocycles. The van der Waals surface area contributed by atoms with Crippen LogP contribution >= 0.6 is 0 Å². The van der Waals surface area contributed by atoms with Crippen LogP contribution in [-0.4, -0.2) is 158 Å². The SMILES string of the molecule is C[C@@]1(CO[C@@H]2O[C@H](CO)[C@@H](OS(=O)(=O)O)[C@H](O)[C@H]2O)CCC[C@]2(C)[C@@H]1CC[C@@]13C[C@@H](CC[C@@H]21)[C@@](O)(CO)[C@@H]3O[C@@H]1O[C@H](CO)[C@@H](O)[C@H](O)[C@H]1O. The molecule has 18 heteroatoms. The van der Waals surface area contributed by atoms with Gasteiger partial charge in [0.1, 0.15) is 54.4 Å². The molecule has 2 aliphatic heterocycles. The fourth-order valence-corrected chi connectivity index (χ4v) is 11.9. The Morgan fingerprint density at radius 3 is 2.08 bits per heavy atom. The minimum absolute atomic E-state index is 0.0180. The first-order chi connectivity index (χ1) is 23.4. The fourth-order valence-electron chi connectivity index (χ4n) is 11.4. The van der Waals surface area contributed by atoms with Crippen molar-refractivity contribution in [1.82, 2.24) is 0 Å². The maximum absolute atomic E-state index is 12.1. The van der Waals surface area contributed by atoms with E-state index in [4.69, 9.17) is 23.5 Å². The average molecular weight is 743 g/mol. The molecule has 50 heavy (non-hydrogen) atoms. The molecule has 18 atom stereocenters. The molecular weight excluding hydrogens is 688 g/mol. The maximum Gasteiger partial charge on any atom is 0.397 e. The summed E-state index contributed by atoms with van der Waals surface area (Å²) < 4.78 is 60.1. The molecule has 0 aromatic carbocycles. The highest BCUT2D eigenvalue weighted by atomic mass is 32.3. The minimum atomic E-state index is -5.04. The topological polar surface area (TPSA) is 283 Å². The molecule has 17 nitrogen and oxygen atoms in total. The number of ether oxygens (including phenoxy) is 4. The van der Waals surface area contributed by atoms with E-state index in [1.807, 2.05) is 0 Å². The van der Waals surface area contributed by atoms with Crippen LogP contribution in [0.5, 0.6) is 0 Å². The Morgan fingerprint density at radius 2 is 1.44 bits per heavy atom. The van der Waals surface area contributed by atoms with Crippen LogP contribution < -0.4 is 0 Å². The highest BCUT2D eigenvalue weighted by molar-refractivity contribution is 7.80. The smallest absolute Gasteiger partial charge is 0.394 e. The van der Waals surface area contributed by atoms with E-state index >= 15 is 0 Å². The lowest BCUT2D eigenvalue weighted by Gasteiger charge is -2.65. The van der Waals surface area contributed by atoms with Gasteiger partial charge in [-0.05, 0) is 73.5 Å². The van der Waals surface area contributed by atoms with E-state index in [0.29, 0.717) is 25.7 Å². The summed E-state index contributed by atoms with van der Waals surface area (Å²) in [4.78, 5) is 0. The molecule has 1 spiro atoms. The second kappa shape index (κ2) is 13.9. The normalized spacial score (nSPS) is 53.8. The zero-order chi connectivity index (χ0) is 36.6. The molecular formula is C32H54O17S. The lowest BCUT2D eigenvalue weighted by molar-refractivity contribution is -0.339. The van der Waals surface area contributed by atoms with Gasteiger partial charge in [0.05, 0.1) is 32.5 Å². The van der Waals surface area contributed by atoms with E-state index in [-0.39, 0.29) is 29.8 Å². The lowest BCUT2D eigenvalue weighted by atomic mass is 9.40. The summed E-state index contributed by atoms with van der Waals surface area (Å²) >= 11 is 0. The number of fused-ring (bicyclic) bond motifs is 3. The van der Waals surface area contributed by atoms with Crippen molar-refractivity contribution >= 4 is 10.4 Å². The van der Waals surface area contributed by atoms with Crippen LogP contribution in [0.4, 0.5) is 0 Å². The molecule has 4 aliphatic carbocycles. The van der Waals surface area contributed by atoms with Gasteiger partial charge >= 0.3 is 10.4 Å². The van der Waals surface area contributed by atoms with Crippen molar-refractivity contribution in [2.75, 3.05) is 26.4 Å². The van der Waals surface area contributed by atoms with Crippen molar-refractivity contribution in [2.24, 2.45) is 34.0 Å². The molecule has 0 radical (unpaired) electrons. The van der Waals surface area contributed by atoms with E-state index in [0.717, 1.165) is 25.7 Å². The standard InChI is InChI=1S/C32H54O17S/c1-29(14-45-26-24(40)22(38)25(17(12-34)47-26)49-50(42,43)44)7-3-8-30(2)18(29)6-9-31-10-15(4-5-19(30)31)32(41,13-35)28(31)48-27-23(39)21(37)20(36)16(11-33)46-27/h15-28,33-41H,3-14H2,1-2H3,(H,42,43,44)/t15-,16-,17-,18-,19+,20-,21+,22-,23-,24-,25-,26-,27+,28-,29+,30-,31-,32+/m1/s1. The van der Waals surface area contributed by atoms with Crippen molar-refractivity contribution in [3.8, 4) is 0 Å². The molecule has 6 rings (SSSR count). The monoisotopic (exact) mass is 742 g/mol. The molecule has 0 aromatic rings. The van der Waals surface area contributed by atoms with Gasteiger partial charge in [-0.3, -0.25) is 4.55 Å². The molecule has 0 unspecified atom stereocenters. The first-order valence-electron chi connectivity index (χ1n) is 17.6. The van der Waals surface area contributed by atoms with Crippen molar-refractivity contribution in [2.45, 2.75) is 138 Å². The Kier molecular flexibility index (Phi) is 10.8. The summed E-state index contributed by atoms with van der Waals surface area (Å²) in [5.41, 5.74) is -3.12. The minimum Gasteiger partial charge on any atom is -0.394 e. The molecule has 0 amide bonds. The summed E-state index contributed by atoms with van der Waals surface area (Å²) in [6.45, 7) is 2.35. The van der Waals surface area contributed by atoms with Crippen molar-refractivity contribution in [3.63, 3.8) is 0 Å². The van der Waals surface area contributed by atoms with Gasteiger partial charge in [0.25, 0.3) is 0 Å². The Bertz CT molecular complexity index is 1320. The summed E-state index contributed by atoms with van der Waals surface area (Å²) in [5, 5.41) is 95.4. The highest BCUT2D eigenvalue weighted by Gasteiger charge is 2.73. The third kappa shape index (κ3) is 6.27. The zero-order valence-corrected chi connectivity index (χ0v) is 29.1. The molecule has 10 N–H and O–H groups in total. The van der Waals surface area contributed by atoms with E-state index in [1.54, 1.807) is 0 Å². The molecule has 2 bridgehead atoms. The Labute approximate surface area is 291 Å². The third-order valence-electron chi connectivity index (χ3n) is 13.6. The summed E-state index contributed by atoms with van der Waals surface area (Å²) in [6.07, 6.45) is -11.3. The third-order valence-corrected chi connectivity index (χ3v) is 14.1. The lowest BCUT2D eigenvalue weighted by Crippen LogP contribution is -2.65. The van der Waals surface area contributed by atoms with E-state index < -0.39 is 114 Å². The van der Waals surface area contributed by atoms with Crippen LogP contribution in [0.15, 0.2) is 0 Å². The first-order valence-corrected chi connectivity index (χ1v) is 18.9. The van der Waals surface area contributed by atoms with Crippen LogP contribution in [0.25, 0.3) is 0 Å². The van der Waals surface area contributed by atoms with Crippen molar-refractivity contribution < 1.29 is 82.1 Å². The number of aliphatic hydroxyl groups excluding tert-OH is 8. The first kappa shape index (κ1) is 39.1. The molecule has 2 heterocycles. The summed E-state index contributed by atoms with van der Waals surface area (Å²) in [6, 6.07) is 0. The Hall–Kier alpha value is -0.650. The van der Waals surface area contributed by atoms with Gasteiger partial charge in [0, 0.05) is 5.41 Å². The van der Waals surface area contributed by atoms with Gasteiger partial charge in [0.2, 0.25) is 0 Å². The summed E-state index contributed by atoms with van der Waals surface area (Å²) in [5.74, 6) is -0.265. The molecule has 6 fully saturated rings. The van der Waals surface area contributed by atoms with Gasteiger partial charge in [0.15, 0.2) is 12.6 Å². The van der Waals surface area contributed by atoms with E-state index in [1.165, 1.54) is 0 Å². The van der Waals surface area contributed by atoms with Gasteiger partial charge in [-0.1, -0.05) is 20.3 Å². The fraction of sp³-hybridized carbons (Fsp3) is 1.00. The van der Waals surface area contributed by atoms with Crippen LogP contribution in [0.3, 0.4) is 0 Å². The quantitative estimate of drug-likeness (QED) is 0.104. The van der Waals surface area contributed by atoms with Crippen molar-refractivity contribution in [1.29, 1.82) is 0 Å². The number of rotatable bonds is 10. The average Bonchev–Trinajstić information content (AvgIpc) is 3.23. The zero-order valence-electron chi connectivity index (χ0n) is 28.3. The molecule has 6 aliphatic rings. The number of aliphatic hydroxyl groups is 9.